The summed E-state index contributed by atoms with van der Waals surface area (Å²) in [7, 11) is 0. The van der Waals surface area contributed by atoms with Gasteiger partial charge in [-0.3, -0.25) is 9.88 Å². The molecule has 0 saturated carbocycles. The van der Waals surface area contributed by atoms with Gasteiger partial charge >= 0.3 is 6.09 Å². The average Bonchev–Trinajstić information content (AvgIpc) is 3.39. The highest BCUT2D eigenvalue weighted by molar-refractivity contribution is 5.81. The molecule has 10 heteroatoms. The Morgan fingerprint density at radius 3 is 2.64 bits per heavy atom. The van der Waals surface area contributed by atoms with E-state index in [9.17, 15) is 4.79 Å². The van der Waals surface area contributed by atoms with Crippen molar-refractivity contribution >= 4 is 22.7 Å². The molecule has 218 valence electrons. The van der Waals surface area contributed by atoms with Crippen LogP contribution in [0.4, 0.5) is 4.79 Å². The lowest BCUT2D eigenvalue weighted by atomic mass is 10.0. The van der Waals surface area contributed by atoms with Crippen LogP contribution in [0.25, 0.3) is 27.9 Å². The molecule has 1 N–H and O–H groups in total. The fourth-order valence-corrected chi connectivity index (χ4v) is 5.32. The van der Waals surface area contributed by atoms with E-state index in [0.29, 0.717) is 26.1 Å². The molecule has 6 rings (SSSR count). The minimum absolute atomic E-state index is 0.235. The molecule has 0 aliphatic carbocycles. The number of carbonyl (C=O) groups excluding carboxylic acids is 1. The molecular weight excluding hydrogens is 530 g/mol. The molecule has 0 bridgehead atoms. The largest absolute Gasteiger partial charge is 0.444 e. The fourth-order valence-electron chi connectivity index (χ4n) is 5.32. The maximum Gasteiger partial charge on any atom is 0.410 e. The van der Waals surface area contributed by atoms with E-state index in [0.717, 1.165) is 72.2 Å². The third-order valence-electron chi connectivity index (χ3n) is 7.45. The van der Waals surface area contributed by atoms with E-state index in [1.165, 1.54) is 11.1 Å². The molecule has 1 amide bonds. The molecule has 0 spiro atoms. The summed E-state index contributed by atoms with van der Waals surface area (Å²) < 4.78 is 11.0. The highest BCUT2D eigenvalue weighted by Gasteiger charge is 2.26. The number of amides is 1. The van der Waals surface area contributed by atoms with Crippen LogP contribution in [-0.2, 0) is 22.4 Å². The topological polar surface area (TPSA) is 109 Å². The molecule has 1 fully saturated rings. The summed E-state index contributed by atoms with van der Waals surface area (Å²) in [5, 5.41) is 0. The maximum atomic E-state index is 12.4. The van der Waals surface area contributed by atoms with Crippen LogP contribution in [0.15, 0.2) is 55.0 Å². The van der Waals surface area contributed by atoms with Gasteiger partial charge in [0.05, 0.1) is 35.6 Å². The number of piperazine rings is 1. The van der Waals surface area contributed by atoms with Crippen LogP contribution in [0.2, 0.25) is 0 Å². The summed E-state index contributed by atoms with van der Waals surface area (Å²) in [5.41, 5.74) is 7.60. The molecular formula is C32H37N7O3. The van der Waals surface area contributed by atoms with Gasteiger partial charge in [-0.05, 0) is 68.7 Å². The van der Waals surface area contributed by atoms with Gasteiger partial charge in [-0.15, -0.1) is 0 Å². The molecule has 2 aliphatic rings. The van der Waals surface area contributed by atoms with Crippen LogP contribution in [0.3, 0.4) is 0 Å². The number of hydrogen-bond acceptors (Lipinski definition) is 8. The Morgan fingerprint density at radius 1 is 1.02 bits per heavy atom. The van der Waals surface area contributed by atoms with Crippen LogP contribution in [-0.4, -0.2) is 85.8 Å². The number of aromatic amines is 1. The number of ether oxygens (including phenoxy) is 2. The van der Waals surface area contributed by atoms with Gasteiger partial charge in [0.2, 0.25) is 0 Å². The molecule has 0 radical (unpaired) electrons. The first-order valence-corrected chi connectivity index (χ1v) is 14.5. The van der Waals surface area contributed by atoms with Crippen molar-refractivity contribution in [2.24, 2.45) is 0 Å². The van der Waals surface area contributed by atoms with E-state index in [1.807, 2.05) is 39.1 Å². The summed E-state index contributed by atoms with van der Waals surface area (Å²) in [6.45, 7) is 10.8. The second kappa shape index (κ2) is 12.0. The Labute approximate surface area is 245 Å². The first-order chi connectivity index (χ1) is 20.3. The van der Waals surface area contributed by atoms with Crippen molar-refractivity contribution in [1.82, 2.24) is 34.7 Å². The van der Waals surface area contributed by atoms with Crippen molar-refractivity contribution < 1.29 is 14.3 Å². The van der Waals surface area contributed by atoms with E-state index in [-0.39, 0.29) is 6.09 Å². The molecule has 2 aliphatic heterocycles. The zero-order chi connectivity index (χ0) is 29.1. The van der Waals surface area contributed by atoms with E-state index in [1.54, 1.807) is 11.2 Å². The number of aromatic nitrogens is 5. The molecule has 10 nitrogen and oxygen atoms in total. The van der Waals surface area contributed by atoms with Gasteiger partial charge in [0.15, 0.2) is 0 Å². The number of H-pyrrole nitrogens is 1. The second-order valence-corrected chi connectivity index (χ2v) is 11.8. The van der Waals surface area contributed by atoms with Crippen LogP contribution < -0.4 is 0 Å². The van der Waals surface area contributed by atoms with Crippen LogP contribution in [0.5, 0.6) is 0 Å². The monoisotopic (exact) mass is 567 g/mol. The first kappa shape index (κ1) is 28.0. The Kier molecular flexibility index (Phi) is 7.99. The number of pyridine rings is 1. The molecule has 1 saturated heterocycles. The maximum absolute atomic E-state index is 12.4. The number of hydrogen-bond donors (Lipinski definition) is 1. The summed E-state index contributed by atoms with van der Waals surface area (Å²) in [5.74, 6) is 0.869. The zero-order valence-electron chi connectivity index (χ0n) is 24.5. The minimum atomic E-state index is -0.479. The molecule has 0 atom stereocenters. The summed E-state index contributed by atoms with van der Waals surface area (Å²) in [6, 6.07) is 12.4. The normalized spacial score (nSPS) is 16.5. The van der Waals surface area contributed by atoms with Crippen molar-refractivity contribution in [3.63, 3.8) is 0 Å². The van der Waals surface area contributed by atoms with Gasteiger partial charge in [-0.2, -0.15) is 0 Å². The Bertz CT molecular complexity index is 1600. The van der Waals surface area contributed by atoms with Gasteiger partial charge in [0, 0.05) is 56.6 Å². The number of imidazole rings is 1. The standard InChI is InChI=1S/C32H37N7O3/c1-32(2,3)42-31(40)39-12-10-38(11-13-39)20-22-6-9-33-25(16-22)18-30-36-26-5-4-24(17-29(26)37-30)28-19-27(34-21-35-28)23-7-14-41-15-8-23/h4-7,9,16-17,19,21H,8,10-15,18,20H2,1-3H3,(H,36,37). The summed E-state index contributed by atoms with van der Waals surface area (Å²) >= 11 is 0. The van der Waals surface area contributed by atoms with E-state index in [2.05, 4.69) is 55.2 Å². The van der Waals surface area contributed by atoms with Gasteiger partial charge in [0.25, 0.3) is 0 Å². The summed E-state index contributed by atoms with van der Waals surface area (Å²) in [6.07, 6.45) is 6.82. The number of fused-ring (bicyclic) bond motifs is 1. The second-order valence-electron chi connectivity index (χ2n) is 11.8. The SMILES string of the molecule is CC(C)(C)OC(=O)N1CCN(Cc2ccnc(Cc3nc4ccc(-c5cc(C6=CCOCC6)ncn5)cc4[nH]3)c2)CC1. The van der Waals surface area contributed by atoms with Crippen molar-refractivity contribution in [3.05, 3.63) is 77.8 Å². The first-order valence-electron chi connectivity index (χ1n) is 14.5. The van der Waals surface area contributed by atoms with Crippen molar-refractivity contribution in [3.8, 4) is 11.3 Å². The van der Waals surface area contributed by atoms with Crippen LogP contribution >= 0.6 is 0 Å². The number of nitrogens with zero attached hydrogens (tertiary/aromatic N) is 6. The minimum Gasteiger partial charge on any atom is -0.444 e. The van der Waals surface area contributed by atoms with E-state index in [4.69, 9.17) is 14.5 Å². The van der Waals surface area contributed by atoms with Gasteiger partial charge in [-0.1, -0.05) is 12.1 Å². The lowest BCUT2D eigenvalue weighted by Gasteiger charge is -2.35. The molecule has 0 unspecified atom stereocenters. The molecule has 42 heavy (non-hydrogen) atoms. The smallest absolute Gasteiger partial charge is 0.410 e. The Hall–Kier alpha value is -4.15. The lowest BCUT2D eigenvalue weighted by molar-refractivity contribution is 0.0139. The van der Waals surface area contributed by atoms with Crippen molar-refractivity contribution in [2.75, 3.05) is 39.4 Å². The molecule has 5 heterocycles. The van der Waals surface area contributed by atoms with Gasteiger partial charge in [-0.25, -0.2) is 19.7 Å². The highest BCUT2D eigenvalue weighted by Crippen LogP contribution is 2.26. The predicted molar refractivity (Wildman–Crippen MR) is 161 cm³/mol. The van der Waals surface area contributed by atoms with Crippen LogP contribution in [0.1, 0.15) is 50.0 Å². The van der Waals surface area contributed by atoms with E-state index >= 15 is 0 Å². The van der Waals surface area contributed by atoms with Gasteiger partial charge < -0.3 is 19.4 Å². The van der Waals surface area contributed by atoms with E-state index < -0.39 is 5.60 Å². The number of nitrogens with one attached hydrogen (secondary N) is 1. The van der Waals surface area contributed by atoms with Crippen molar-refractivity contribution in [1.29, 1.82) is 0 Å². The third kappa shape index (κ3) is 6.83. The third-order valence-corrected chi connectivity index (χ3v) is 7.45. The Balaban J connectivity index is 1.09. The average molecular weight is 568 g/mol. The van der Waals surface area contributed by atoms with Gasteiger partial charge in [0.1, 0.15) is 17.8 Å². The number of rotatable bonds is 6. The summed E-state index contributed by atoms with van der Waals surface area (Å²) in [4.78, 5) is 38.5. The number of benzene rings is 1. The molecule has 1 aromatic carbocycles. The fraction of sp³-hybridized carbons (Fsp3) is 0.406. The van der Waals surface area contributed by atoms with Crippen LogP contribution in [0, 0.1) is 0 Å². The lowest BCUT2D eigenvalue weighted by Crippen LogP contribution is -2.49. The zero-order valence-corrected chi connectivity index (χ0v) is 24.5. The predicted octanol–water partition coefficient (Wildman–Crippen LogP) is 4.86. The quantitative estimate of drug-likeness (QED) is 0.352. The highest BCUT2D eigenvalue weighted by atomic mass is 16.6. The molecule has 4 aromatic rings. The van der Waals surface area contributed by atoms with Crippen molar-refractivity contribution in [2.45, 2.75) is 45.8 Å². The number of carbonyl (C=O) groups is 1. The molecule has 3 aromatic heterocycles. The Morgan fingerprint density at radius 2 is 1.86 bits per heavy atom.